The number of para-hydroxylation sites is 1. The van der Waals surface area contributed by atoms with E-state index in [0.717, 1.165) is 11.1 Å². The Labute approximate surface area is 154 Å². The molecule has 4 rings (SSSR count). The van der Waals surface area contributed by atoms with Gasteiger partial charge < -0.3 is 14.6 Å². The summed E-state index contributed by atoms with van der Waals surface area (Å²) >= 11 is 0. The molecule has 0 saturated heterocycles. The largest absolute Gasteiger partial charge is 0.493 e. The fourth-order valence-electron chi connectivity index (χ4n) is 2.88. The molecule has 136 valence electrons. The van der Waals surface area contributed by atoms with E-state index in [1.165, 1.54) is 0 Å². The van der Waals surface area contributed by atoms with Crippen molar-refractivity contribution in [2.45, 2.75) is 6.92 Å². The number of nitrogens with one attached hydrogen (secondary N) is 1. The third kappa shape index (κ3) is 3.01. The number of hydrogen-bond acceptors (Lipinski definition) is 8. The molecule has 2 N–H and O–H groups in total. The Morgan fingerprint density at radius 1 is 0.815 bits per heavy atom. The zero-order chi connectivity index (χ0) is 19.0. The quantitative estimate of drug-likeness (QED) is 0.569. The molecule has 0 bridgehead atoms. The summed E-state index contributed by atoms with van der Waals surface area (Å²) in [6.07, 6.45) is 0. The molecule has 0 spiro atoms. The molecule has 2 aromatic carbocycles. The van der Waals surface area contributed by atoms with E-state index < -0.39 is 0 Å². The molecule has 0 fully saturated rings. The van der Waals surface area contributed by atoms with E-state index in [1.807, 2.05) is 25.1 Å². The van der Waals surface area contributed by atoms with Crippen LogP contribution in [-0.4, -0.2) is 39.3 Å². The average molecular weight is 363 g/mol. The maximum Gasteiger partial charge on any atom is 0.233 e. The molecule has 2 aromatic heterocycles. The predicted molar refractivity (Wildman–Crippen MR) is 102 cm³/mol. The van der Waals surface area contributed by atoms with Gasteiger partial charge in [0, 0.05) is 11.5 Å². The number of aromatic nitrogens is 4. The lowest BCUT2D eigenvalue weighted by Gasteiger charge is -2.11. The van der Waals surface area contributed by atoms with Gasteiger partial charge in [0.05, 0.1) is 36.3 Å². The van der Waals surface area contributed by atoms with Crippen molar-refractivity contribution in [3.63, 3.8) is 0 Å². The van der Waals surface area contributed by atoms with Crippen molar-refractivity contribution in [2.24, 2.45) is 0 Å². The topological polar surface area (TPSA) is 102 Å². The smallest absolute Gasteiger partial charge is 0.233 e. The molecule has 0 saturated carbocycles. The van der Waals surface area contributed by atoms with Crippen LogP contribution in [0.5, 0.6) is 17.4 Å². The van der Waals surface area contributed by atoms with Crippen LogP contribution < -0.4 is 14.8 Å². The van der Waals surface area contributed by atoms with E-state index in [0.29, 0.717) is 33.9 Å². The Morgan fingerprint density at radius 3 is 2.26 bits per heavy atom. The molecule has 8 nitrogen and oxygen atoms in total. The highest BCUT2D eigenvalue weighted by Gasteiger charge is 2.13. The maximum atomic E-state index is 10.1. The summed E-state index contributed by atoms with van der Waals surface area (Å²) in [5.41, 5.74) is 2.07. The first-order valence-electron chi connectivity index (χ1n) is 8.22. The Morgan fingerprint density at radius 2 is 1.48 bits per heavy atom. The Bertz CT molecular complexity index is 1160. The molecule has 4 aromatic rings. The monoisotopic (exact) mass is 363 g/mol. The number of rotatable bonds is 4. The fourth-order valence-corrected chi connectivity index (χ4v) is 2.88. The Balaban J connectivity index is 1.78. The first kappa shape index (κ1) is 16.8. The van der Waals surface area contributed by atoms with E-state index in [9.17, 15) is 5.11 Å². The SMILES string of the molecule is COc1cc2nc(Nc3nc(O)c4ccccc4n3)nc(C)c2cc1OC. The minimum atomic E-state index is -0.105. The van der Waals surface area contributed by atoms with Gasteiger partial charge in [-0.3, -0.25) is 5.32 Å². The normalized spacial score (nSPS) is 10.9. The van der Waals surface area contributed by atoms with Crippen LogP contribution in [0, 0.1) is 6.92 Å². The van der Waals surface area contributed by atoms with E-state index in [-0.39, 0.29) is 11.8 Å². The molecule has 0 amide bonds. The van der Waals surface area contributed by atoms with Crippen molar-refractivity contribution in [3.05, 3.63) is 42.1 Å². The predicted octanol–water partition coefficient (Wildman–Crippen LogP) is 3.35. The molecule has 0 aliphatic carbocycles. The van der Waals surface area contributed by atoms with E-state index in [2.05, 4.69) is 25.3 Å². The van der Waals surface area contributed by atoms with Crippen LogP contribution in [0.2, 0.25) is 0 Å². The number of aryl methyl sites for hydroxylation is 1. The third-order valence-electron chi connectivity index (χ3n) is 4.20. The van der Waals surface area contributed by atoms with Gasteiger partial charge in [-0.15, -0.1) is 0 Å². The lowest BCUT2D eigenvalue weighted by atomic mass is 10.1. The van der Waals surface area contributed by atoms with Gasteiger partial charge in [0.25, 0.3) is 0 Å². The second kappa shape index (κ2) is 6.56. The zero-order valence-electron chi connectivity index (χ0n) is 15.0. The van der Waals surface area contributed by atoms with Crippen LogP contribution in [0.25, 0.3) is 21.8 Å². The van der Waals surface area contributed by atoms with Crippen molar-refractivity contribution in [2.75, 3.05) is 19.5 Å². The van der Waals surface area contributed by atoms with Crippen molar-refractivity contribution in [1.82, 2.24) is 19.9 Å². The van der Waals surface area contributed by atoms with Crippen LogP contribution in [0.1, 0.15) is 5.69 Å². The summed E-state index contributed by atoms with van der Waals surface area (Å²) < 4.78 is 10.7. The lowest BCUT2D eigenvalue weighted by molar-refractivity contribution is 0.355. The van der Waals surface area contributed by atoms with E-state index in [4.69, 9.17) is 9.47 Å². The highest BCUT2D eigenvalue weighted by molar-refractivity contribution is 5.86. The Kier molecular flexibility index (Phi) is 4.08. The zero-order valence-corrected chi connectivity index (χ0v) is 15.0. The minimum Gasteiger partial charge on any atom is -0.493 e. The summed E-state index contributed by atoms with van der Waals surface area (Å²) in [6.45, 7) is 1.87. The minimum absolute atomic E-state index is 0.105. The summed E-state index contributed by atoms with van der Waals surface area (Å²) in [5.74, 6) is 1.62. The third-order valence-corrected chi connectivity index (χ3v) is 4.20. The molecular formula is C19H17N5O3. The van der Waals surface area contributed by atoms with Gasteiger partial charge >= 0.3 is 0 Å². The van der Waals surface area contributed by atoms with Crippen molar-refractivity contribution < 1.29 is 14.6 Å². The summed E-state index contributed by atoms with van der Waals surface area (Å²) in [7, 11) is 3.15. The van der Waals surface area contributed by atoms with Gasteiger partial charge in [0.1, 0.15) is 0 Å². The average Bonchev–Trinajstić information content (AvgIpc) is 2.67. The first-order chi connectivity index (χ1) is 13.1. The van der Waals surface area contributed by atoms with Gasteiger partial charge in [-0.05, 0) is 25.1 Å². The second-order valence-electron chi connectivity index (χ2n) is 5.87. The highest BCUT2D eigenvalue weighted by Crippen LogP contribution is 2.33. The van der Waals surface area contributed by atoms with Crippen LogP contribution in [-0.2, 0) is 0 Å². The van der Waals surface area contributed by atoms with Gasteiger partial charge in [0.2, 0.25) is 17.8 Å². The lowest BCUT2D eigenvalue weighted by Crippen LogP contribution is -2.03. The molecule has 0 radical (unpaired) electrons. The molecule has 8 heteroatoms. The number of ether oxygens (including phenoxy) is 2. The van der Waals surface area contributed by atoms with Crippen LogP contribution in [0.15, 0.2) is 36.4 Å². The van der Waals surface area contributed by atoms with Crippen molar-refractivity contribution >= 4 is 33.7 Å². The molecule has 0 aliphatic rings. The molecular weight excluding hydrogens is 346 g/mol. The molecule has 2 heterocycles. The van der Waals surface area contributed by atoms with Crippen LogP contribution >= 0.6 is 0 Å². The molecule has 0 aliphatic heterocycles. The number of methoxy groups -OCH3 is 2. The summed E-state index contributed by atoms with van der Waals surface area (Å²) in [5, 5.41) is 14.5. The van der Waals surface area contributed by atoms with Crippen LogP contribution in [0.4, 0.5) is 11.9 Å². The van der Waals surface area contributed by atoms with Gasteiger partial charge in [-0.2, -0.15) is 4.98 Å². The van der Waals surface area contributed by atoms with E-state index >= 15 is 0 Å². The molecule has 0 unspecified atom stereocenters. The Hall–Kier alpha value is -3.68. The van der Waals surface area contributed by atoms with Crippen molar-refractivity contribution in [1.29, 1.82) is 0 Å². The highest BCUT2D eigenvalue weighted by atomic mass is 16.5. The molecule has 0 atom stereocenters. The van der Waals surface area contributed by atoms with Gasteiger partial charge in [0.15, 0.2) is 11.5 Å². The number of aromatic hydroxyl groups is 1. The first-order valence-corrected chi connectivity index (χ1v) is 8.22. The van der Waals surface area contributed by atoms with Gasteiger partial charge in [-0.1, -0.05) is 12.1 Å². The number of benzene rings is 2. The number of anilines is 2. The number of nitrogens with zero attached hydrogens (tertiary/aromatic N) is 4. The standard InChI is InChI=1S/C19H17N5O3/c1-10-12-8-15(26-2)16(27-3)9-14(12)22-18(20-10)24-19-21-13-7-5-4-6-11(13)17(25)23-19/h4-9H,1-3H3,(H2,20,21,22,23,24,25). The maximum absolute atomic E-state index is 10.1. The number of fused-ring (bicyclic) bond motifs is 2. The van der Waals surface area contributed by atoms with Gasteiger partial charge in [-0.25, -0.2) is 15.0 Å². The summed E-state index contributed by atoms with van der Waals surface area (Å²) in [6, 6.07) is 10.8. The molecule has 27 heavy (non-hydrogen) atoms. The van der Waals surface area contributed by atoms with E-state index in [1.54, 1.807) is 32.4 Å². The fraction of sp³-hybridized carbons (Fsp3) is 0.158. The van der Waals surface area contributed by atoms with Crippen molar-refractivity contribution in [3.8, 4) is 17.4 Å². The van der Waals surface area contributed by atoms with Crippen LogP contribution in [0.3, 0.4) is 0 Å². The second-order valence-corrected chi connectivity index (χ2v) is 5.87. The summed E-state index contributed by atoms with van der Waals surface area (Å²) in [4.78, 5) is 17.4. The number of hydrogen-bond donors (Lipinski definition) is 2.